The quantitative estimate of drug-likeness (QED) is 0.645. The predicted molar refractivity (Wildman–Crippen MR) is 61.0 cm³/mol. The van der Waals surface area contributed by atoms with Gasteiger partial charge in [-0.05, 0) is 0 Å². The number of benzene rings is 1. The van der Waals surface area contributed by atoms with Crippen molar-refractivity contribution in [2.75, 3.05) is 12.3 Å². The van der Waals surface area contributed by atoms with Crippen LogP contribution in [0.2, 0.25) is 0 Å². The highest BCUT2D eigenvalue weighted by molar-refractivity contribution is 8.24. The lowest BCUT2D eigenvalue weighted by atomic mass is 10.4. The Balaban J connectivity index is 2.66. The van der Waals surface area contributed by atoms with E-state index in [0.717, 1.165) is 0 Å². The molecule has 0 aliphatic carbocycles. The molecule has 1 aromatic rings. The minimum Gasteiger partial charge on any atom is -0.503 e. The second-order valence-electron chi connectivity index (χ2n) is 2.51. The van der Waals surface area contributed by atoms with Gasteiger partial charge in [-0.1, -0.05) is 55.6 Å². The molecule has 0 N–H and O–H groups in total. The predicted octanol–water partition coefficient (Wildman–Crippen LogP) is 3.69. The van der Waals surface area contributed by atoms with E-state index < -0.39 is 0 Å². The van der Waals surface area contributed by atoms with Crippen LogP contribution in [0.3, 0.4) is 0 Å². The summed E-state index contributed by atoms with van der Waals surface area (Å²) in [6, 6.07) is 10.9. The van der Waals surface area contributed by atoms with Crippen LogP contribution in [0.1, 0.15) is 13.8 Å². The zero-order chi connectivity index (χ0) is 8.81. The van der Waals surface area contributed by atoms with E-state index in [1.54, 1.807) is 13.6 Å². The average molecular weight is 197 g/mol. The third kappa shape index (κ3) is 2.85. The lowest BCUT2D eigenvalue weighted by Crippen LogP contribution is -1.97. The molecule has 0 aromatic heterocycles. The highest BCUT2D eigenvalue weighted by Gasteiger charge is 1.93. The molecule has 1 unspecified atom stereocenters. The number of hydrogen-bond donors (Lipinski definition) is 0. The van der Waals surface area contributed by atoms with Crippen molar-refractivity contribution in [3.05, 3.63) is 30.3 Å². The fourth-order valence-electron chi connectivity index (χ4n) is 1.14. The van der Waals surface area contributed by atoms with E-state index in [-0.39, 0.29) is 7.61 Å². The third-order valence-corrected chi connectivity index (χ3v) is 7.20. The summed E-state index contributed by atoms with van der Waals surface area (Å²) in [6.45, 7) is 4.55. The van der Waals surface area contributed by atoms with Gasteiger partial charge in [-0.25, -0.2) is 7.61 Å². The summed E-state index contributed by atoms with van der Waals surface area (Å²) < 4.78 is 0. The first-order chi connectivity index (χ1) is 5.88. The van der Waals surface area contributed by atoms with Crippen LogP contribution in [0.25, 0.3) is 0 Å². The second-order valence-corrected chi connectivity index (χ2v) is 7.67. The van der Waals surface area contributed by atoms with Crippen LogP contribution in [0.5, 0.6) is 0 Å². The van der Waals surface area contributed by atoms with Crippen molar-refractivity contribution < 1.29 is 0 Å². The van der Waals surface area contributed by atoms with Gasteiger partial charge < -0.3 is 8.27 Å². The topological polar surface area (TPSA) is 0 Å². The van der Waals surface area contributed by atoms with Crippen molar-refractivity contribution in [2.24, 2.45) is 0 Å². The summed E-state index contributed by atoms with van der Waals surface area (Å²) >= 11 is 0. The molecular weight excluding hydrogens is 182 g/mol. The summed E-state index contributed by atoms with van der Waals surface area (Å²) in [6.07, 6.45) is 2.60. The highest BCUT2D eigenvalue weighted by atomic mass is 32.0. The molecule has 0 amide bonds. The van der Waals surface area contributed by atoms with Gasteiger partial charge in [0.2, 0.25) is 0 Å². The first kappa shape index (κ1) is 10.2. The fraction of sp³-hybridized carbons (Fsp3) is 0.400. The minimum atomic E-state index is 0.119. The maximum absolute atomic E-state index is 2.29. The molecule has 0 aliphatic heterocycles. The van der Waals surface area contributed by atoms with Gasteiger partial charge in [0.15, 0.2) is 0 Å². The Morgan fingerprint density at radius 3 is 2.33 bits per heavy atom. The maximum Gasteiger partial charge on any atom is -0.0538 e. The fourth-order valence-corrected chi connectivity index (χ4v) is 5.24. The molecule has 12 heavy (non-hydrogen) atoms. The third-order valence-electron chi connectivity index (χ3n) is 1.67. The summed E-state index contributed by atoms with van der Waals surface area (Å²) in [5.74, 6) is 0. The van der Waals surface area contributed by atoms with E-state index in [1.165, 1.54) is 12.3 Å². The molecule has 0 radical (unpaired) electrons. The lowest BCUT2D eigenvalue weighted by molar-refractivity contribution is 1.50. The van der Waals surface area contributed by atoms with Crippen molar-refractivity contribution in [2.45, 2.75) is 13.8 Å². The van der Waals surface area contributed by atoms with Gasteiger partial charge >= 0.3 is 0 Å². The van der Waals surface area contributed by atoms with Gasteiger partial charge in [0.1, 0.15) is 0 Å². The van der Waals surface area contributed by atoms with Crippen LogP contribution in [-0.2, 0) is 0 Å². The molecule has 0 bridgehead atoms. The molecule has 0 fully saturated rings. The van der Waals surface area contributed by atoms with Gasteiger partial charge in [0, 0.05) is 0 Å². The van der Waals surface area contributed by atoms with Crippen molar-refractivity contribution >= 4 is 21.2 Å². The molecule has 2 heteroatoms. The van der Waals surface area contributed by atoms with Crippen molar-refractivity contribution in [3.63, 3.8) is 0 Å². The number of rotatable bonds is 4. The average Bonchev–Trinajstić information content (AvgIpc) is 2.15. The van der Waals surface area contributed by atoms with Crippen molar-refractivity contribution in [3.8, 4) is 0 Å². The molecule has 1 aromatic carbocycles. The largest absolute Gasteiger partial charge is 0.503 e. The minimum absolute atomic E-state index is 0.119. The molecule has 0 spiro atoms. The SMILES string of the molecule is CC[P-]P(CC)c1ccccc1. The highest BCUT2D eigenvalue weighted by Crippen LogP contribution is 2.53. The van der Waals surface area contributed by atoms with E-state index in [4.69, 9.17) is 0 Å². The Bertz CT molecular complexity index is 208. The first-order valence-corrected chi connectivity index (χ1v) is 7.69. The first-order valence-electron chi connectivity index (χ1n) is 4.38. The summed E-state index contributed by atoms with van der Waals surface area (Å²) in [4.78, 5) is 0. The molecule has 0 aliphatic rings. The Morgan fingerprint density at radius 2 is 1.83 bits per heavy atom. The van der Waals surface area contributed by atoms with Crippen LogP contribution in [0.4, 0.5) is 0 Å². The van der Waals surface area contributed by atoms with Crippen molar-refractivity contribution in [1.82, 2.24) is 0 Å². The molecule has 0 saturated heterocycles. The zero-order valence-corrected chi connectivity index (χ0v) is 9.48. The summed E-state index contributed by atoms with van der Waals surface area (Å²) in [7, 11) is 1.74. The second kappa shape index (κ2) is 5.68. The van der Waals surface area contributed by atoms with E-state index >= 15 is 0 Å². The standard InChI is InChI=1S/C10H15P2/c1-3-11-12(4-2)10-8-6-5-7-9-10/h5-9H,3-4H2,1-2H3/q-1. The molecule has 1 atom stereocenters. The molecule has 0 saturated carbocycles. The lowest BCUT2D eigenvalue weighted by Gasteiger charge is -2.30. The Hall–Kier alpha value is 0.0800. The Kier molecular flexibility index (Phi) is 4.81. The van der Waals surface area contributed by atoms with Gasteiger partial charge in [0.25, 0.3) is 0 Å². The van der Waals surface area contributed by atoms with Crippen LogP contribution >= 0.6 is 15.9 Å². The molecule has 1 rings (SSSR count). The van der Waals surface area contributed by atoms with E-state index in [0.29, 0.717) is 0 Å². The van der Waals surface area contributed by atoms with Crippen molar-refractivity contribution in [1.29, 1.82) is 0 Å². The smallest absolute Gasteiger partial charge is 0.0538 e. The van der Waals surface area contributed by atoms with Crippen LogP contribution in [-0.4, -0.2) is 12.3 Å². The van der Waals surface area contributed by atoms with Crippen LogP contribution < -0.4 is 5.30 Å². The van der Waals surface area contributed by atoms with Crippen LogP contribution in [0.15, 0.2) is 30.3 Å². The van der Waals surface area contributed by atoms with Gasteiger partial charge in [0.05, 0.1) is 0 Å². The monoisotopic (exact) mass is 197 g/mol. The van der Waals surface area contributed by atoms with Crippen LogP contribution in [0, 0.1) is 0 Å². The summed E-state index contributed by atoms with van der Waals surface area (Å²) in [5, 5.41) is 1.55. The molecular formula is C10H15P2-. The Labute approximate surface area is 78.2 Å². The zero-order valence-electron chi connectivity index (χ0n) is 7.70. The van der Waals surface area contributed by atoms with E-state index in [2.05, 4.69) is 44.2 Å². The Morgan fingerprint density at radius 1 is 1.17 bits per heavy atom. The van der Waals surface area contributed by atoms with E-state index in [9.17, 15) is 0 Å². The molecule has 66 valence electrons. The van der Waals surface area contributed by atoms with Gasteiger partial charge in [-0.2, -0.15) is 6.16 Å². The normalized spacial score (nSPS) is 13.8. The van der Waals surface area contributed by atoms with E-state index in [1.807, 2.05) is 0 Å². The molecule has 0 heterocycles. The van der Waals surface area contributed by atoms with Gasteiger partial charge in [-0.3, -0.25) is 0 Å². The molecule has 0 nitrogen and oxygen atoms in total. The van der Waals surface area contributed by atoms with Gasteiger partial charge in [-0.15, -0.1) is 0 Å². The number of hydrogen-bond acceptors (Lipinski definition) is 0. The maximum atomic E-state index is 2.29. The summed E-state index contributed by atoms with van der Waals surface area (Å²) in [5.41, 5.74) is 0.